The van der Waals surface area contributed by atoms with E-state index >= 15 is 0 Å². The Morgan fingerprint density at radius 2 is 2.00 bits per heavy atom. The monoisotopic (exact) mass is 394 g/mol. The van der Waals surface area contributed by atoms with Gasteiger partial charge in [0.25, 0.3) is 5.91 Å². The highest BCUT2D eigenvalue weighted by atomic mass is 16.5. The predicted octanol–water partition coefficient (Wildman–Crippen LogP) is 4.15. The van der Waals surface area contributed by atoms with E-state index in [1.165, 1.54) is 0 Å². The summed E-state index contributed by atoms with van der Waals surface area (Å²) in [5, 5.41) is 4.06. The van der Waals surface area contributed by atoms with Crippen molar-refractivity contribution in [1.29, 1.82) is 0 Å². The van der Waals surface area contributed by atoms with Gasteiger partial charge in [0.05, 0.1) is 18.1 Å². The molecule has 0 bridgehead atoms. The number of aryl methyl sites for hydroxylation is 1. The van der Waals surface area contributed by atoms with Crippen molar-refractivity contribution in [3.05, 3.63) is 47.0 Å². The highest BCUT2D eigenvalue weighted by Crippen LogP contribution is 2.41. The van der Waals surface area contributed by atoms with Gasteiger partial charge in [-0.2, -0.15) is 4.98 Å². The molecule has 1 fully saturated rings. The van der Waals surface area contributed by atoms with Gasteiger partial charge < -0.3 is 20.2 Å². The summed E-state index contributed by atoms with van der Waals surface area (Å²) < 4.78 is 11.1. The van der Waals surface area contributed by atoms with Crippen LogP contribution in [0.4, 0.5) is 5.82 Å². The number of ether oxygens (including phenoxy) is 1. The Morgan fingerprint density at radius 1 is 1.31 bits per heavy atom. The fourth-order valence-corrected chi connectivity index (χ4v) is 3.67. The van der Waals surface area contributed by atoms with Crippen molar-refractivity contribution in [3.8, 4) is 5.75 Å². The van der Waals surface area contributed by atoms with Crippen LogP contribution >= 0.6 is 0 Å². The maximum absolute atomic E-state index is 12.1. The quantitative estimate of drug-likeness (QED) is 0.624. The summed E-state index contributed by atoms with van der Waals surface area (Å²) >= 11 is 0. The molecular formula is C22H26N4O3. The lowest BCUT2D eigenvalue weighted by Gasteiger charge is -2.18. The number of hydrogen-bond donors (Lipinski definition) is 2. The van der Waals surface area contributed by atoms with Crippen molar-refractivity contribution in [2.45, 2.75) is 51.5 Å². The smallest absolute Gasteiger partial charge is 0.253 e. The van der Waals surface area contributed by atoms with Gasteiger partial charge in [-0.15, -0.1) is 0 Å². The van der Waals surface area contributed by atoms with Crippen molar-refractivity contribution >= 4 is 22.8 Å². The number of hydrogen-bond acceptors (Lipinski definition) is 6. The van der Waals surface area contributed by atoms with Gasteiger partial charge in [0.15, 0.2) is 0 Å². The molecule has 0 spiro atoms. The second-order valence-corrected chi connectivity index (χ2v) is 7.93. The van der Waals surface area contributed by atoms with E-state index in [0.717, 1.165) is 30.6 Å². The molecule has 2 aromatic heterocycles. The zero-order chi connectivity index (χ0) is 20.8. The predicted molar refractivity (Wildman–Crippen MR) is 111 cm³/mol. The molecule has 1 unspecified atom stereocenters. The third-order valence-corrected chi connectivity index (χ3v) is 5.65. The van der Waals surface area contributed by atoms with Crippen molar-refractivity contribution in [3.63, 3.8) is 0 Å². The van der Waals surface area contributed by atoms with Gasteiger partial charge in [-0.25, -0.2) is 4.98 Å². The highest BCUT2D eigenvalue weighted by molar-refractivity contribution is 6.09. The Kier molecular flexibility index (Phi) is 4.68. The first-order valence-corrected chi connectivity index (χ1v) is 9.88. The van der Waals surface area contributed by atoms with Crippen LogP contribution in [0, 0.1) is 6.92 Å². The number of aromatic nitrogens is 2. The fourth-order valence-electron chi connectivity index (χ4n) is 3.67. The number of methoxy groups -OCH3 is 1. The molecule has 1 amide bonds. The molecular weight excluding hydrogens is 368 g/mol. The number of anilines is 1. The number of nitrogens with one attached hydrogen (secondary N) is 1. The molecule has 3 N–H and O–H groups in total. The van der Waals surface area contributed by atoms with Crippen LogP contribution in [0.1, 0.15) is 66.5 Å². The molecule has 7 nitrogen and oxygen atoms in total. The van der Waals surface area contributed by atoms with Gasteiger partial charge >= 0.3 is 0 Å². The minimum Gasteiger partial charge on any atom is -0.497 e. The molecule has 1 atom stereocenters. The number of nitrogens with two attached hydrogens (primary N) is 1. The SMILES string of the molecule is CCC(c1ccc(OC)cc1)c1nc(NC2(C)CC2)c2c(C(N)=O)c(C)oc2n1. The summed E-state index contributed by atoms with van der Waals surface area (Å²) in [6, 6.07) is 7.92. The van der Waals surface area contributed by atoms with Crippen LogP contribution in [0.25, 0.3) is 11.1 Å². The van der Waals surface area contributed by atoms with Gasteiger partial charge in [0.2, 0.25) is 5.71 Å². The Labute approximate surface area is 169 Å². The number of nitrogens with zero attached hydrogens (tertiary/aromatic N) is 2. The van der Waals surface area contributed by atoms with E-state index in [-0.39, 0.29) is 11.5 Å². The first-order chi connectivity index (χ1) is 13.8. The maximum Gasteiger partial charge on any atom is 0.253 e. The molecule has 7 heteroatoms. The standard InChI is InChI=1S/C22H26N4O3/c1-5-15(13-6-8-14(28-4)9-7-13)19-24-20(26-22(3)10-11-22)17-16(18(23)27)12(2)29-21(17)25-19/h6-9,15H,5,10-11H2,1-4H3,(H2,23,27)(H,24,25,26). The normalized spacial score (nSPS) is 15.9. The number of rotatable bonds is 7. The summed E-state index contributed by atoms with van der Waals surface area (Å²) in [4.78, 5) is 21.6. The number of benzene rings is 1. The van der Waals surface area contributed by atoms with E-state index in [9.17, 15) is 4.79 Å². The summed E-state index contributed by atoms with van der Waals surface area (Å²) in [5.74, 6) is 1.98. The van der Waals surface area contributed by atoms with Crippen LogP contribution < -0.4 is 15.8 Å². The van der Waals surface area contributed by atoms with Crippen LogP contribution in [-0.2, 0) is 0 Å². The van der Waals surface area contributed by atoms with E-state index < -0.39 is 5.91 Å². The lowest BCUT2D eigenvalue weighted by atomic mass is 9.95. The van der Waals surface area contributed by atoms with E-state index in [1.54, 1.807) is 14.0 Å². The number of carbonyl (C=O) groups excluding carboxylic acids is 1. The number of primary amides is 1. The summed E-state index contributed by atoms with van der Waals surface area (Å²) in [5.41, 5.74) is 7.42. The van der Waals surface area contributed by atoms with Crippen molar-refractivity contribution in [2.75, 3.05) is 12.4 Å². The Bertz CT molecular complexity index is 1070. The van der Waals surface area contributed by atoms with Gasteiger partial charge in [-0.1, -0.05) is 19.1 Å². The molecule has 1 saturated carbocycles. The van der Waals surface area contributed by atoms with E-state index in [2.05, 4.69) is 24.1 Å². The molecule has 1 aliphatic carbocycles. The molecule has 0 saturated heterocycles. The summed E-state index contributed by atoms with van der Waals surface area (Å²) in [6.45, 7) is 5.96. The molecule has 2 heterocycles. The minimum atomic E-state index is -0.538. The van der Waals surface area contributed by atoms with Crippen LogP contribution in [0.5, 0.6) is 5.75 Å². The average molecular weight is 394 g/mol. The van der Waals surface area contributed by atoms with Gasteiger partial charge in [-0.3, -0.25) is 4.79 Å². The van der Waals surface area contributed by atoms with Gasteiger partial charge in [0.1, 0.15) is 23.2 Å². The fraction of sp³-hybridized carbons (Fsp3) is 0.409. The van der Waals surface area contributed by atoms with Gasteiger partial charge in [0, 0.05) is 11.5 Å². The zero-order valence-electron chi connectivity index (χ0n) is 17.2. The third kappa shape index (κ3) is 3.52. The third-order valence-electron chi connectivity index (χ3n) is 5.65. The second kappa shape index (κ2) is 7.06. The van der Waals surface area contributed by atoms with Crippen molar-refractivity contribution in [1.82, 2.24) is 9.97 Å². The van der Waals surface area contributed by atoms with Crippen LogP contribution in [-0.4, -0.2) is 28.5 Å². The largest absolute Gasteiger partial charge is 0.497 e. The van der Waals surface area contributed by atoms with Crippen LogP contribution in [0.3, 0.4) is 0 Å². The molecule has 0 aliphatic heterocycles. The Hall–Kier alpha value is -3.09. The molecule has 1 aliphatic rings. The Balaban J connectivity index is 1.86. The van der Waals surface area contributed by atoms with Gasteiger partial charge in [-0.05, 0) is 50.8 Å². The lowest BCUT2D eigenvalue weighted by Crippen LogP contribution is -2.20. The van der Waals surface area contributed by atoms with Crippen molar-refractivity contribution < 1.29 is 13.9 Å². The zero-order valence-corrected chi connectivity index (χ0v) is 17.2. The second-order valence-electron chi connectivity index (χ2n) is 7.93. The molecule has 29 heavy (non-hydrogen) atoms. The Morgan fingerprint density at radius 3 is 2.55 bits per heavy atom. The number of fused-ring (bicyclic) bond motifs is 1. The maximum atomic E-state index is 12.1. The molecule has 152 valence electrons. The van der Waals surface area contributed by atoms with E-state index in [0.29, 0.717) is 34.1 Å². The highest BCUT2D eigenvalue weighted by Gasteiger charge is 2.39. The number of carbonyl (C=O) groups is 1. The van der Waals surface area contributed by atoms with Crippen LogP contribution in [0.15, 0.2) is 28.7 Å². The van der Waals surface area contributed by atoms with Crippen LogP contribution in [0.2, 0.25) is 0 Å². The lowest BCUT2D eigenvalue weighted by molar-refractivity contribution is 0.1000. The molecule has 0 radical (unpaired) electrons. The number of furan rings is 1. The van der Waals surface area contributed by atoms with E-state index in [1.807, 2.05) is 24.3 Å². The minimum absolute atomic E-state index is 0.0136. The first-order valence-electron chi connectivity index (χ1n) is 9.88. The average Bonchev–Trinajstić information content (AvgIpc) is 3.30. The van der Waals surface area contributed by atoms with E-state index in [4.69, 9.17) is 19.9 Å². The number of amides is 1. The molecule has 3 aromatic rings. The van der Waals surface area contributed by atoms with Crippen molar-refractivity contribution in [2.24, 2.45) is 5.73 Å². The first kappa shape index (κ1) is 19.2. The topological polar surface area (TPSA) is 103 Å². The molecule has 4 rings (SSSR count). The summed E-state index contributed by atoms with van der Waals surface area (Å²) in [6.07, 6.45) is 2.91. The molecule has 1 aromatic carbocycles. The summed E-state index contributed by atoms with van der Waals surface area (Å²) in [7, 11) is 1.65.